The standard InChI is InChI=1S/C8H13N3O2S/c1-13-8(12)11-4-2-3-5-6(11)10-7(9)14-5/h5-6H,2-4H2,1H3,(H2,9,10)/t5-,6+/m1/s1. The normalized spacial score (nSPS) is 30.9. The number of fused-ring (bicyclic) bond motifs is 1. The van der Waals surface area contributed by atoms with Gasteiger partial charge in [-0.1, -0.05) is 11.8 Å². The Labute approximate surface area is 86.7 Å². The van der Waals surface area contributed by atoms with Gasteiger partial charge in [0.15, 0.2) is 5.17 Å². The first-order valence-electron chi connectivity index (χ1n) is 4.57. The van der Waals surface area contributed by atoms with Crippen LogP contribution >= 0.6 is 11.8 Å². The van der Waals surface area contributed by atoms with Crippen LogP contribution in [0.4, 0.5) is 4.79 Å². The summed E-state index contributed by atoms with van der Waals surface area (Å²) < 4.78 is 4.70. The number of aliphatic imine (C=N–C) groups is 1. The number of hydrogen-bond acceptors (Lipinski definition) is 5. The Kier molecular flexibility index (Phi) is 2.54. The number of hydrogen-bond donors (Lipinski definition) is 1. The van der Waals surface area contributed by atoms with Crippen molar-refractivity contribution in [2.24, 2.45) is 10.7 Å². The smallest absolute Gasteiger partial charge is 0.411 e. The van der Waals surface area contributed by atoms with Gasteiger partial charge >= 0.3 is 6.09 Å². The molecule has 78 valence electrons. The van der Waals surface area contributed by atoms with E-state index in [-0.39, 0.29) is 12.3 Å². The number of piperidine rings is 1. The molecule has 0 aromatic heterocycles. The van der Waals surface area contributed by atoms with Crippen LogP contribution in [-0.2, 0) is 4.74 Å². The van der Waals surface area contributed by atoms with E-state index in [0.717, 1.165) is 12.8 Å². The molecule has 5 nitrogen and oxygen atoms in total. The summed E-state index contributed by atoms with van der Waals surface area (Å²) in [6, 6.07) is 0. The quantitative estimate of drug-likeness (QED) is 0.642. The van der Waals surface area contributed by atoms with Crippen molar-refractivity contribution in [2.75, 3.05) is 13.7 Å². The highest BCUT2D eigenvalue weighted by molar-refractivity contribution is 8.14. The van der Waals surface area contributed by atoms with Crippen LogP contribution in [0.15, 0.2) is 4.99 Å². The minimum Gasteiger partial charge on any atom is -0.453 e. The van der Waals surface area contributed by atoms with Crippen LogP contribution in [0.2, 0.25) is 0 Å². The number of amides is 1. The minimum atomic E-state index is -0.307. The fourth-order valence-corrected chi connectivity index (χ4v) is 2.94. The van der Waals surface area contributed by atoms with E-state index in [1.807, 2.05) is 0 Å². The van der Waals surface area contributed by atoms with Crippen LogP contribution in [-0.4, -0.2) is 41.2 Å². The van der Waals surface area contributed by atoms with E-state index in [2.05, 4.69) is 4.99 Å². The molecule has 14 heavy (non-hydrogen) atoms. The molecule has 6 heteroatoms. The van der Waals surface area contributed by atoms with Crippen LogP contribution < -0.4 is 5.73 Å². The molecule has 1 saturated heterocycles. The van der Waals surface area contributed by atoms with Crippen molar-refractivity contribution in [3.63, 3.8) is 0 Å². The molecule has 0 radical (unpaired) electrons. The Balaban J connectivity index is 2.13. The first kappa shape index (κ1) is 9.64. The Morgan fingerprint density at radius 2 is 2.57 bits per heavy atom. The summed E-state index contributed by atoms with van der Waals surface area (Å²) in [5.74, 6) is 0. The van der Waals surface area contributed by atoms with Crippen molar-refractivity contribution in [1.29, 1.82) is 0 Å². The predicted octanol–water partition coefficient (Wildman–Crippen LogP) is 0.605. The lowest BCUT2D eigenvalue weighted by Crippen LogP contribution is -2.47. The second kappa shape index (κ2) is 3.68. The van der Waals surface area contributed by atoms with Gasteiger partial charge in [0.2, 0.25) is 0 Å². The molecule has 0 aromatic rings. The number of carbonyl (C=O) groups is 1. The number of thioether (sulfide) groups is 1. The van der Waals surface area contributed by atoms with Crippen molar-refractivity contribution >= 4 is 23.0 Å². The molecule has 0 unspecified atom stereocenters. The summed E-state index contributed by atoms with van der Waals surface area (Å²) in [6.07, 6.45) is 1.64. The van der Waals surface area contributed by atoms with E-state index in [0.29, 0.717) is 17.0 Å². The molecule has 2 rings (SSSR count). The van der Waals surface area contributed by atoms with Gasteiger partial charge in [0.25, 0.3) is 0 Å². The Hall–Kier alpha value is -0.910. The average molecular weight is 215 g/mol. The molecule has 0 aromatic carbocycles. The third kappa shape index (κ3) is 1.54. The molecular weight excluding hydrogens is 202 g/mol. The minimum absolute atomic E-state index is 0.110. The zero-order chi connectivity index (χ0) is 10.1. The number of nitrogens with two attached hydrogens (primary N) is 1. The van der Waals surface area contributed by atoms with Gasteiger partial charge in [-0.15, -0.1) is 0 Å². The number of ether oxygens (including phenoxy) is 1. The largest absolute Gasteiger partial charge is 0.453 e. The molecule has 1 fully saturated rings. The number of rotatable bonds is 0. The zero-order valence-corrected chi connectivity index (χ0v) is 8.79. The molecule has 1 amide bonds. The van der Waals surface area contributed by atoms with E-state index in [1.54, 1.807) is 16.7 Å². The van der Waals surface area contributed by atoms with Gasteiger partial charge in [0, 0.05) is 6.54 Å². The summed E-state index contributed by atoms with van der Waals surface area (Å²) in [6.45, 7) is 0.713. The lowest BCUT2D eigenvalue weighted by atomic mass is 10.1. The predicted molar refractivity (Wildman–Crippen MR) is 55.1 cm³/mol. The van der Waals surface area contributed by atoms with Crippen LogP contribution in [0, 0.1) is 0 Å². The zero-order valence-electron chi connectivity index (χ0n) is 7.97. The number of nitrogens with zero attached hydrogens (tertiary/aromatic N) is 2. The van der Waals surface area contributed by atoms with Crippen molar-refractivity contribution in [3.05, 3.63) is 0 Å². The Morgan fingerprint density at radius 1 is 1.79 bits per heavy atom. The number of amidine groups is 1. The van der Waals surface area contributed by atoms with Gasteiger partial charge in [-0.05, 0) is 12.8 Å². The van der Waals surface area contributed by atoms with Gasteiger partial charge < -0.3 is 10.5 Å². The highest BCUT2D eigenvalue weighted by atomic mass is 32.2. The molecule has 2 aliphatic heterocycles. The van der Waals surface area contributed by atoms with E-state index in [1.165, 1.54) is 7.11 Å². The second-order valence-corrected chi connectivity index (χ2v) is 4.60. The number of carbonyl (C=O) groups excluding carboxylic acids is 1. The number of likely N-dealkylation sites (tertiary alicyclic amines) is 1. The fraction of sp³-hybridized carbons (Fsp3) is 0.750. The van der Waals surface area contributed by atoms with E-state index >= 15 is 0 Å². The fourth-order valence-electron chi connectivity index (χ4n) is 1.85. The third-order valence-corrected chi connectivity index (χ3v) is 3.61. The van der Waals surface area contributed by atoms with Crippen LogP contribution in [0.5, 0.6) is 0 Å². The van der Waals surface area contributed by atoms with Crippen LogP contribution in [0.25, 0.3) is 0 Å². The Morgan fingerprint density at radius 3 is 3.29 bits per heavy atom. The lowest BCUT2D eigenvalue weighted by Gasteiger charge is -2.33. The maximum Gasteiger partial charge on any atom is 0.411 e. The van der Waals surface area contributed by atoms with Crippen molar-refractivity contribution < 1.29 is 9.53 Å². The molecule has 0 spiro atoms. The van der Waals surface area contributed by atoms with Crippen molar-refractivity contribution in [3.8, 4) is 0 Å². The maximum absolute atomic E-state index is 11.4. The topological polar surface area (TPSA) is 67.9 Å². The van der Waals surface area contributed by atoms with E-state index < -0.39 is 0 Å². The molecule has 2 heterocycles. The first-order valence-corrected chi connectivity index (χ1v) is 5.45. The van der Waals surface area contributed by atoms with Crippen LogP contribution in [0.3, 0.4) is 0 Å². The molecular formula is C8H13N3O2S. The van der Waals surface area contributed by atoms with E-state index in [9.17, 15) is 4.79 Å². The second-order valence-electron chi connectivity index (χ2n) is 3.34. The monoisotopic (exact) mass is 215 g/mol. The molecule has 2 N–H and O–H groups in total. The summed E-state index contributed by atoms with van der Waals surface area (Å²) in [4.78, 5) is 17.3. The molecule has 2 aliphatic rings. The molecule has 0 bridgehead atoms. The summed E-state index contributed by atoms with van der Waals surface area (Å²) >= 11 is 1.56. The summed E-state index contributed by atoms with van der Waals surface area (Å²) in [5, 5.41) is 0.902. The molecule has 2 atom stereocenters. The summed E-state index contributed by atoms with van der Waals surface area (Å²) in [5.41, 5.74) is 5.63. The SMILES string of the molecule is COC(=O)N1CCC[C@H]2SC(N)=N[C@H]21. The first-order chi connectivity index (χ1) is 6.72. The number of methoxy groups -OCH3 is 1. The van der Waals surface area contributed by atoms with Crippen molar-refractivity contribution in [2.45, 2.75) is 24.3 Å². The van der Waals surface area contributed by atoms with Gasteiger partial charge in [0.05, 0.1) is 12.4 Å². The molecule has 0 aliphatic carbocycles. The van der Waals surface area contributed by atoms with E-state index in [4.69, 9.17) is 10.5 Å². The third-order valence-electron chi connectivity index (χ3n) is 2.48. The van der Waals surface area contributed by atoms with Gasteiger partial charge in [-0.2, -0.15) is 0 Å². The van der Waals surface area contributed by atoms with Gasteiger partial charge in [0.1, 0.15) is 6.17 Å². The van der Waals surface area contributed by atoms with Gasteiger partial charge in [-0.3, -0.25) is 4.90 Å². The summed E-state index contributed by atoms with van der Waals surface area (Å²) in [7, 11) is 1.39. The highest BCUT2D eigenvalue weighted by Gasteiger charge is 2.39. The molecule has 0 saturated carbocycles. The highest BCUT2D eigenvalue weighted by Crippen LogP contribution is 2.34. The van der Waals surface area contributed by atoms with Crippen LogP contribution in [0.1, 0.15) is 12.8 Å². The van der Waals surface area contributed by atoms with Gasteiger partial charge in [-0.25, -0.2) is 9.79 Å². The Bertz CT molecular complexity index is 282. The van der Waals surface area contributed by atoms with Crippen molar-refractivity contribution in [1.82, 2.24) is 4.90 Å². The average Bonchev–Trinajstić information content (AvgIpc) is 2.56. The lowest BCUT2D eigenvalue weighted by molar-refractivity contribution is 0.0950. The maximum atomic E-state index is 11.4.